The Morgan fingerprint density at radius 2 is 1.83 bits per heavy atom. The van der Waals surface area contributed by atoms with Crippen molar-refractivity contribution in [2.75, 3.05) is 18.4 Å². The largest absolute Gasteiger partial charge is 0.347 e. The van der Waals surface area contributed by atoms with Crippen molar-refractivity contribution in [3.05, 3.63) is 72.8 Å². The van der Waals surface area contributed by atoms with E-state index in [0.29, 0.717) is 18.5 Å². The molecule has 1 heterocycles. The Morgan fingerprint density at radius 1 is 1.10 bits per heavy atom. The number of hydrogen-bond donors (Lipinski definition) is 2. The standard InChI is InChI=1S/C21H23N3O4S/c1-2-20(25)23-18-14-24(15-18)29(27,28)19-10-6-9-17(13-19)22-21(26)12-11-16-7-4-3-5-8-16/h2-10,13,18H,1,11-12,14-15H2,(H,22,26)(H,23,25). The van der Waals surface area contributed by atoms with E-state index in [0.717, 1.165) is 11.6 Å². The van der Waals surface area contributed by atoms with Crippen molar-refractivity contribution in [3.8, 4) is 0 Å². The first-order chi connectivity index (χ1) is 13.9. The molecule has 0 aliphatic carbocycles. The van der Waals surface area contributed by atoms with Crippen LogP contribution in [-0.2, 0) is 26.0 Å². The highest BCUT2D eigenvalue weighted by Crippen LogP contribution is 2.24. The van der Waals surface area contributed by atoms with Gasteiger partial charge in [0.2, 0.25) is 21.8 Å². The topological polar surface area (TPSA) is 95.6 Å². The van der Waals surface area contributed by atoms with Crippen molar-refractivity contribution >= 4 is 27.5 Å². The molecule has 2 aromatic rings. The number of anilines is 1. The fraction of sp³-hybridized carbons (Fsp3) is 0.238. The zero-order valence-electron chi connectivity index (χ0n) is 15.9. The van der Waals surface area contributed by atoms with Gasteiger partial charge in [0.15, 0.2) is 0 Å². The minimum atomic E-state index is -3.69. The summed E-state index contributed by atoms with van der Waals surface area (Å²) in [5.74, 6) is -0.508. The second-order valence-corrected chi connectivity index (χ2v) is 8.73. The first kappa shape index (κ1) is 20.8. The molecule has 2 N–H and O–H groups in total. The van der Waals surface area contributed by atoms with E-state index in [4.69, 9.17) is 0 Å². The normalized spacial score (nSPS) is 14.6. The Labute approximate surface area is 170 Å². The number of carbonyl (C=O) groups is 2. The fourth-order valence-corrected chi connectivity index (χ4v) is 4.57. The second kappa shape index (κ2) is 9.02. The molecule has 2 aromatic carbocycles. The maximum Gasteiger partial charge on any atom is 0.243 e. The highest BCUT2D eigenvalue weighted by molar-refractivity contribution is 7.89. The van der Waals surface area contributed by atoms with E-state index in [9.17, 15) is 18.0 Å². The maximum atomic E-state index is 12.7. The highest BCUT2D eigenvalue weighted by Gasteiger charge is 2.37. The summed E-state index contributed by atoms with van der Waals surface area (Å²) in [4.78, 5) is 23.6. The minimum absolute atomic E-state index is 0.104. The van der Waals surface area contributed by atoms with Crippen LogP contribution in [0.15, 0.2) is 72.1 Å². The molecule has 29 heavy (non-hydrogen) atoms. The molecule has 1 aliphatic heterocycles. The zero-order valence-corrected chi connectivity index (χ0v) is 16.7. The van der Waals surface area contributed by atoms with Gasteiger partial charge in [0.25, 0.3) is 0 Å². The predicted octanol–water partition coefficient (Wildman–Crippen LogP) is 1.93. The number of carbonyl (C=O) groups excluding carboxylic acids is 2. The van der Waals surface area contributed by atoms with Crippen molar-refractivity contribution < 1.29 is 18.0 Å². The molecule has 8 heteroatoms. The summed E-state index contributed by atoms with van der Waals surface area (Å²) in [6, 6.07) is 15.6. The molecule has 0 atom stereocenters. The number of amides is 2. The van der Waals surface area contributed by atoms with Crippen LogP contribution in [0.25, 0.3) is 0 Å². The number of aryl methyl sites for hydroxylation is 1. The summed E-state index contributed by atoms with van der Waals surface area (Å²) in [7, 11) is -3.69. The van der Waals surface area contributed by atoms with Crippen LogP contribution in [0.5, 0.6) is 0 Å². The van der Waals surface area contributed by atoms with Crippen molar-refractivity contribution in [1.82, 2.24) is 9.62 Å². The van der Waals surface area contributed by atoms with Gasteiger partial charge >= 0.3 is 0 Å². The van der Waals surface area contributed by atoms with Crippen LogP contribution in [0, 0.1) is 0 Å². The molecule has 0 radical (unpaired) electrons. The van der Waals surface area contributed by atoms with Gasteiger partial charge in [0.05, 0.1) is 10.9 Å². The van der Waals surface area contributed by atoms with Crippen molar-refractivity contribution in [3.63, 3.8) is 0 Å². The molecule has 152 valence electrons. The van der Waals surface area contributed by atoms with E-state index in [2.05, 4.69) is 17.2 Å². The van der Waals surface area contributed by atoms with Crippen molar-refractivity contribution in [2.45, 2.75) is 23.8 Å². The SMILES string of the molecule is C=CC(=O)NC1CN(S(=O)(=O)c2cccc(NC(=O)CCc3ccccc3)c2)C1. The number of nitrogens with one attached hydrogen (secondary N) is 2. The molecule has 0 bridgehead atoms. The first-order valence-corrected chi connectivity index (χ1v) is 10.7. The molecule has 1 saturated heterocycles. The molecular weight excluding hydrogens is 390 g/mol. The molecule has 2 amide bonds. The number of nitrogens with zero attached hydrogens (tertiary/aromatic N) is 1. The molecule has 0 unspecified atom stereocenters. The van der Waals surface area contributed by atoms with Gasteiger partial charge in [0, 0.05) is 25.2 Å². The Kier molecular flexibility index (Phi) is 6.46. The van der Waals surface area contributed by atoms with Crippen LogP contribution in [0.4, 0.5) is 5.69 Å². The molecule has 3 rings (SSSR count). The summed E-state index contributed by atoms with van der Waals surface area (Å²) in [5, 5.41) is 5.42. The van der Waals surface area contributed by atoms with E-state index in [1.807, 2.05) is 30.3 Å². The average Bonchev–Trinajstić information content (AvgIpc) is 2.69. The van der Waals surface area contributed by atoms with Crippen LogP contribution in [-0.4, -0.2) is 43.7 Å². The molecule has 7 nitrogen and oxygen atoms in total. The number of rotatable bonds is 8. The third kappa shape index (κ3) is 5.30. The Hall–Kier alpha value is -2.97. The van der Waals surface area contributed by atoms with Crippen LogP contribution in [0.3, 0.4) is 0 Å². The fourth-order valence-electron chi connectivity index (χ4n) is 3.00. The van der Waals surface area contributed by atoms with E-state index >= 15 is 0 Å². The molecule has 0 saturated carbocycles. The van der Waals surface area contributed by atoms with Crippen LogP contribution < -0.4 is 10.6 Å². The lowest BCUT2D eigenvalue weighted by Gasteiger charge is -2.38. The van der Waals surface area contributed by atoms with Crippen LogP contribution >= 0.6 is 0 Å². The molecular formula is C21H23N3O4S. The number of hydrogen-bond acceptors (Lipinski definition) is 4. The molecule has 0 spiro atoms. The summed E-state index contributed by atoms with van der Waals surface area (Å²) < 4.78 is 26.8. The van der Waals surface area contributed by atoms with Gasteiger partial charge in [-0.15, -0.1) is 0 Å². The quantitative estimate of drug-likeness (QED) is 0.647. The first-order valence-electron chi connectivity index (χ1n) is 9.25. The minimum Gasteiger partial charge on any atom is -0.347 e. The van der Waals surface area contributed by atoms with Gasteiger partial charge in [0.1, 0.15) is 0 Å². The lowest BCUT2D eigenvalue weighted by Crippen LogP contribution is -2.60. The lowest BCUT2D eigenvalue weighted by molar-refractivity contribution is -0.118. The predicted molar refractivity (Wildman–Crippen MR) is 111 cm³/mol. The third-order valence-corrected chi connectivity index (χ3v) is 6.45. The third-order valence-electron chi connectivity index (χ3n) is 4.62. The average molecular weight is 413 g/mol. The highest BCUT2D eigenvalue weighted by atomic mass is 32.2. The van der Waals surface area contributed by atoms with E-state index in [1.165, 1.54) is 16.4 Å². The van der Waals surface area contributed by atoms with Gasteiger partial charge in [-0.3, -0.25) is 9.59 Å². The van der Waals surface area contributed by atoms with Gasteiger partial charge in [-0.25, -0.2) is 8.42 Å². The maximum absolute atomic E-state index is 12.7. The van der Waals surface area contributed by atoms with Gasteiger partial charge in [-0.05, 0) is 36.3 Å². The summed E-state index contributed by atoms with van der Waals surface area (Å²) in [6.07, 6.45) is 2.06. The van der Waals surface area contributed by atoms with Crippen molar-refractivity contribution in [1.29, 1.82) is 0 Å². The van der Waals surface area contributed by atoms with E-state index in [-0.39, 0.29) is 35.8 Å². The number of sulfonamides is 1. The smallest absolute Gasteiger partial charge is 0.243 e. The summed E-state index contributed by atoms with van der Waals surface area (Å²) in [5.41, 5.74) is 1.50. The summed E-state index contributed by atoms with van der Waals surface area (Å²) >= 11 is 0. The molecule has 1 aliphatic rings. The lowest BCUT2D eigenvalue weighted by atomic mass is 10.1. The molecule has 1 fully saturated rings. The van der Waals surface area contributed by atoms with E-state index in [1.54, 1.807) is 12.1 Å². The van der Waals surface area contributed by atoms with Gasteiger partial charge < -0.3 is 10.6 Å². The molecule has 0 aromatic heterocycles. The van der Waals surface area contributed by atoms with Gasteiger partial charge in [-0.1, -0.05) is 43.0 Å². The number of benzene rings is 2. The zero-order chi connectivity index (χ0) is 20.9. The van der Waals surface area contributed by atoms with Crippen LogP contribution in [0.1, 0.15) is 12.0 Å². The van der Waals surface area contributed by atoms with Crippen LogP contribution in [0.2, 0.25) is 0 Å². The Balaban J connectivity index is 1.58. The Morgan fingerprint density at radius 3 is 2.52 bits per heavy atom. The van der Waals surface area contributed by atoms with Crippen molar-refractivity contribution in [2.24, 2.45) is 0 Å². The summed E-state index contributed by atoms with van der Waals surface area (Å²) in [6.45, 7) is 3.78. The Bertz CT molecular complexity index is 1000. The monoisotopic (exact) mass is 413 g/mol. The van der Waals surface area contributed by atoms with Gasteiger partial charge in [-0.2, -0.15) is 4.31 Å². The van der Waals surface area contributed by atoms with E-state index < -0.39 is 10.0 Å². The second-order valence-electron chi connectivity index (χ2n) is 6.79.